The number of thioether (sulfide) groups is 1. The Balaban J connectivity index is 2.12. The average Bonchev–Trinajstić information content (AvgIpc) is 2.88. The van der Waals surface area contributed by atoms with Crippen molar-refractivity contribution in [3.8, 4) is 6.19 Å². The number of nitriles is 1. The molecule has 6 nitrogen and oxygen atoms in total. The van der Waals surface area contributed by atoms with Crippen LogP contribution in [0.2, 0.25) is 0 Å². The third kappa shape index (κ3) is 7.63. The lowest BCUT2D eigenvalue weighted by Crippen LogP contribution is -2.35. The number of nitrogens with one attached hydrogen (secondary N) is 2. The van der Waals surface area contributed by atoms with Crippen LogP contribution in [-0.2, 0) is 12.3 Å². The van der Waals surface area contributed by atoms with Gasteiger partial charge in [0.2, 0.25) is 5.96 Å². The molecule has 116 valence electrons. The number of aliphatic imine (C=N–C) groups is 1. The van der Waals surface area contributed by atoms with E-state index in [0.29, 0.717) is 5.96 Å². The monoisotopic (exact) mass is 309 g/mol. The van der Waals surface area contributed by atoms with Gasteiger partial charge in [-0.05, 0) is 38.4 Å². The van der Waals surface area contributed by atoms with E-state index in [1.54, 1.807) is 7.05 Å². The van der Waals surface area contributed by atoms with Crippen LogP contribution in [0.5, 0.6) is 0 Å². The van der Waals surface area contributed by atoms with Crippen molar-refractivity contribution >= 4 is 17.7 Å². The average molecular weight is 309 g/mol. The molecule has 1 aromatic heterocycles. The van der Waals surface area contributed by atoms with Crippen LogP contribution < -0.4 is 10.6 Å². The Kier molecular flexibility index (Phi) is 8.40. The van der Waals surface area contributed by atoms with Crippen LogP contribution in [0.4, 0.5) is 0 Å². The summed E-state index contributed by atoms with van der Waals surface area (Å²) in [6.07, 6.45) is 2.85. The predicted octanol–water partition coefficient (Wildman–Crippen LogP) is 1.61. The molecule has 0 saturated carbocycles. The molecule has 0 radical (unpaired) electrons. The molecule has 0 aliphatic heterocycles. The molecule has 0 bridgehead atoms. The maximum Gasteiger partial charge on any atom is 0.204 e. The lowest BCUT2D eigenvalue weighted by atomic mass is 10.4. The molecule has 0 fully saturated rings. The van der Waals surface area contributed by atoms with Crippen molar-refractivity contribution < 1.29 is 4.42 Å². The van der Waals surface area contributed by atoms with E-state index >= 15 is 0 Å². The second-order valence-electron chi connectivity index (χ2n) is 4.75. The zero-order valence-corrected chi connectivity index (χ0v) is 13.7. The molecule has 0 saturated heterocycles. The molecule has 1 heterocycles. The molecule has 2 N–H and O–H groups in total. The Morgan fingerprint density at radius 2 is 2.19 bits per heavy atom. The lowest BCUT2D eigenvalue weighted by molar-refractivity contribution is 0.344. The van der Waals surface area contributed by atoms with E-state index in [1.807, 2.05) is 44.2 Å². The van der Waals surface area contributed by atoms with Crippen molar-refractivity contribution in [2.45, 2.75) is 18.7 Å². The Morgan fingerprint density at radius 1 is 1.43 bits per heavy atom. The van der Waals surface area contributed by atoms with E-state index in [0.717, 1.165) is 42.5 Å². The number of rotatable bonds is 8. The molecular weight excluding hydrogens is 286 g/mol. The fraction of sp³-hybridized carbons (Fsp3) is 0.571. The number of nitrogens with zero attached hydrogens (tertiary/aromatic N) is 3. The first kappa shape index (κ1) is 17.4. The summed E-state index contributed by atoms with van der Waals surface area (Å²) in [6.45, 7) is 1.62. The Hall–Kier alpha value is -1.65. The zero-order chi connectivity index (χ0) is 15.5. The summed E-state index contributed by atoms with van der Waals surface area (Å²) in [5.41, 5.74) is 0. The summed E-state index contributed by atoms with van der Waals surface area (Å²) >= 11 is 1.84. The first-order valence-corrected chi connectivity index (χ1v) is 7.97. The van der Waals surface area contributed by atoms with Gasteiger partial charge in [-0.25, -0.2) is 0 Å². The lowest BCUT2D eigenvalue weighted by Gasteiger charge is -2.06. The Morgan fingerprint density at radius 3 is 2.86 bits per heavy atom. The van der Waals surface area contributed by atoms with E-state index in [1.165, 1.54) is 0 Å². The number of hydrogen-bond acceptors (Lipinski definition) is 5. The second kappa shape index (κ2) is 10.1. The van der Waals surface area contributed by atoms with Gasteiger partial charge in [-0.1, -0.05) is 0 Å². The van der Waals surface area contributed by atoms with Crippen molar-refractivity contribution in [1.82, 2.24) is 15.5 Å². The standard InChI is InChI=1S/C14H23N5OS/c1-16-14(18-11-15)17-7-4-8-21-10-13-6-5-12(20-13)9-19(2)3/h5-6H,4,7-10H2,1-3H3,(H2,16,17,18). The van der Waals surface area contributed by atoms with Crippen molar-refractivity contribution in [3.05, 3.63) is 23.7 Å². The molecule has 0 aliphatic rings. The third-order valence-electron chi connectivity index (χ3n) is 2.59. The molecule has 0 spiro atoms. The van der Waals surface area contributed by atoms with Gasteiger partial charge in [-0.2, -0.15) is 17.0 Å². The van der Waals surface area contributed by atoms with Gasteiger partial charge in [-0.3, -0.25) is 10.3 Å². The zero-order valence-electron chi connectivity index (χ0n) is 12.8. The van der Waals surface area contributed by atoms with Crippen LogP contribution in [0.3, 0.4) is 0 Å². The minimum absolute atomic E-state index is 0.516. The van der Waals surface area contributed by atoms with Gasteiger partial charge < -0.3 is 14.6 Å². The van der Waals surface area contributed by atoms with Gasteiger partial charge in [-0.15, -0.1) is 0 Å². The van der Waals surface area contributed by atoms with Crippen molar-refractivity contribution in [1.29, 1.82) is 5.26 Å². The molecule has 0 aromatic carbocycles. The van der Waals surface area contributed by atoms with Crippen molar-refractivity contribution in [2.75, 3.05) is 33.4 Å². The van der Waals surface area contributed by atoms with E-state index in [9.17, 15) is 0 Å². The smallest absolute Gasteiger partial charge is 0.204 e. The number of furan rings is 1. The van der Waals surface area contributed by atoms with Crippen LogP contribution in [0.1, 0.15) is 17.9 Å². The van der Waals surface area contributed by atoms with E-state index in [-0.39, 0.29) is 0 Å². The van der Waals surface area contributed by atoms with Gasteiger partial charge in [0.1, 0.15) is 11.5 Å². The Labute approximate surface area is 130 Å². The summed E-state index contributed by atoms with van der Waals surface area (Å²) in [5.74, 6) is 4.45. The molecule has 0 aliphatic carbocycles. The first-order valence-electron chi connectivity index (χ1n) is 6.81. The minimum atomic E-state index is 0.516. The second-order valence-corrected chi connectivity index (χ2v) is 5.85. The number of guanidine groups is 1. The highest BCUT2D eigenvalue weighted by molar-refractivity contribution is 7.98. The van der Waals surface area contributed by atoms with Crippen LogP contribution in [-0.4, -0.2) is 44.3 Å². The van der Waals surface area contributed by atoms with E-state index in [4.69, 9.17) is 9.68 Å². The SMILES string of the molecule is CN=C(NC#N)NCCCSCc1ccc(CN(C)C)o1. The highest BCUT2D eigenvalue weighted by Gasteiger charge is 2.03. The van der Waals surface area contributed by atoms with Crippen LogP contribution in [0.25, 0.3) is 0 Å². The largest absolute Gasteiger partial charge is 0.464 e. The predicted molar refractivity (Wildman–Crippen MR) is 87.0 cm³/mol. The molecule has 1 rings (SSSR count). The molecule has 0 atom stereocenters. The first-order chi connectivity index (χ1) is 10.2. The topological polar surface area (TPSA) is 76.6 Å². The highest BCUT2D eigenvalue weighted by Crippen LogP contribution is 2.16. The van der Waals surface area contributed by atoms with Gasteiger partial charge in [0.05, 0.1) is 12.3 Å². The summed E-state index contributed by atoms with van der Waals surface area (Å²) in [4.78, 5) is 6.00. The molecule has 1 aromatic rings. The van der Waals surface area contributed by atoms with E-state index in [2.05, 4.69) is 20.5 Å². The van der Waals surface area contributed by atoms with Gasteiger partial charge in [0.25, 0.3) is 0 Å². The fourth-order valence-electron chi connectivity index (χ4n) is 1.68. The normalized spacial score (nSPS) is 11.5. The van der Waals surface area contributed by atoms with E-state index < -0.39 is 0 Å². The van der Waals surface area contributed by atoms with Gasteiger partial charge >= 0.3 is 0 Å². The molecule has 0 amide bonds. The van der Waals surface area contributed by atoms with Crippen LogP contribution in [0.15, 0.2) is 21.5 Å². The maximum atomic E-state index is 8.49. The quantitative estimate of drug-likeness (QED) is 0.250. The summed E-state index contributed by atoms with van der Waals surface area (Å²) in [6, 6.07) is 4.08. The fourth-order valence-corrected chi connectivity index (χ4v) is 2.53. The van der Waals surface area contributed by atoms with Crippen molar-refractivity contribution in [3.63, 3.8) is 0 Å². The summed E-state index contributed by atoms with van der Waals surface area (Å²) in [5, 5.41) is 14.0. The van der Waals surface area contributed by atoms with Gasteiger partial charge in [0, 0.05) is 13.6 Å². The molecular formula is C14H23N5OS. The van der Waals surface area contributed by atoms with Crippen LogP contribution in [0, 0.1) is 11.5 Å². The molecule has 21 heavy (non-hydrogen) atoms. The highest BCUT2D eigenvalue weighted by atomic mass is 32.2. The van der Waals surface area contributed by atoms with Gasteiger partial charge in [0.15, 0.2) is 6.19 Å². The summed E-state index contributed by atoms with van der Waals surface area (Å²) in [7, 11) is 5.70. The Bertz CT molecular complexity index is 478. The number of hydrogen-bond donors (Lipinski definition) is 2. The third-order valence-corrected chi connectivity index (χ3v) is 3.66. The van der Waals surface area contributed by atoms with Crippen molar-refractivity contribution in [2.24, 2.45) is 4.99 Å². The molecule has 7 heteroatoms. The summed E-state index contributed by atoms with van der Waals surface area (Å²) < 4.78 is 5.75. The minimum Gasteiger partial charge on any atom is -0.464 e. The van der Waals surface area contributed by atoms with Crippen LogP contribution >= 0.6 is 11.8 Å². The maximum absolute atomic E-state index is 8.49. The molecule has 0 unspecified atom stereocenters.